The zero-order valence-electron chi connectivity index (χ0n) is 11.5. The van der Waals surface area contributed by atoms with Crippen LogP contribution in [0.25, 0.3) is 0 Å². The van der Waals surface area contributed by atoms with Crippen LogP contribution in [0, 0.1) is 11.6 Å². The van der Waals surface area contributed by atoms with Crippen LogP contribution in [0.3, 0.4) is 0 Å². The van der Waals surface area contributed by atoms with Crippen molar-refractivity contribution in [2.24, 2.45) is 0 Å². The monoisotopic (exact) mass is 306 g/mol. The van der Waals surface area contributed by atoms with Gasteiger partial charge in [0.1, 0.15) is 17.4 Å². The fourth-order valence-electron chi connectivity index (χ4n) is 1.82. The Kier molecular flexibility index (Phi) is 4.36. The van der Waals surface area contributed by atoms with Crippen LogP contribution in [0.1, 0.15) is 20.7 Å². The molecule has 2 amide bonds. The molecule has 0 heterocycles. The molecule has 2 rings (SSSR count). The number of hydrogen-bond donors (Lipinski definition) is 3. The van der Waals surface area contributed by atoms with Crippen molar-refractivity contribution >= 4 is 17.5 Å². The molecular formula is C15H12F2N2O3. The number of benzene rings is 2. The van der Waals surface area contributed by atoms with E-state index >= 15 is 0 Å². The molecule has 3 N–H and O–H groups in total. The summed E-state index contributed by atoms with van der Waals surface area (Å²) in [5, 5.41) is 14.5. The van der Waals surface area contributed by atoms with E-state index in [0.717, 1.165) is 18.2 Å². The highest BCUT2D eigenvalue weighted by Gasteiger charge is 2.13. The number of aromatic hydroxyl groups is 1. The van der Waals surface area contributed by atoms with Gasteiger partial charge in [0.15, 0.2) is 0 Å². The first-order valence-electron chi connectivity index (χ1n) is 6.23. The minimum atomic E-state index is -0.872. The Morgan fingerprint density at radius 3 is 2.18 bits per heavy atom. The molecule has 0 aliphatic rings. The third-order valence-electron chi connectivity index (χ3n) is 2.85. The smallest absolute Gasteiger partial charge is 0.255 e. The van der Waals surface area contributed by atoms with E-state index in [4.69, 9.17) is 0 Å². The van der Waals surface area contributed by atoms with Crippen molar-refractivity contribution in [3.8, 4) is 5.75 Å². The zero-order chi connectivity index (χ0) is 16.3. The van der Waals surface area contributed by atoms with E-state index in [1.165, 1.54) is 19.2 Å². The number of carbonyl (C=O) groups excluding carboxylic acids is 2. The maximum absolute atomic E-state index is 13.1. The maximum atomic E-state index is 13.1. The molecule has 5 nitrogen and oxygen atoms in total. The number of phenolic OH excluding ortho intramolecular Hbond substituents is 1. The topological polar surface area (TPSA) is 78.4 Å². The molecule has 0 aliphatic heterocycles. The summed E-state index contributed by atoms with van der Waals surface area (Å²) >= 11 is 0. The van der Waals surface area contributed by atoms with Crippen LogP contribution in [0.5, 0.6) is 5.75 Å². The Morgan fingerprint density at radius 1 is 1.00 bits per heavy atom. The molecule has 0 unspecified atom stereocenters. The Bertz CT molecular complexity index is 727. The van der Waals surface area contributed by atoms with Gasteiger partial charge in [0.2, 0.25) is 0 Å². The van der Waals surface area contributed by atoms with E-state index in [0.29, 0.717) is 6.07 Å². The Labute approximate surface area is 124 Å². The third-order valence-corrected chi connectivity index (χ3v) is 2.85. The number of halogens is 2. The van der Waals surface area contributed by atoms with Crippen LogP contribution in [0.15, 0.2) is 36.4 Å². The lowest BCUT2D eigenvalue weighted by atomic mass is 10.1. The average molecular weight is 306 g/mol. The third kappa shape index (κ3) is 3.38. The largest absolute Gasteiger partial charge is 0.507 e. The van der Waals surface area contributed by atoms with E-state index in [1.807, 2.05) is 0 Å². The number of amides is 2. The summed E-state index contributed by atoms with van der Waals surface area (Å²) in [7, 11) is 1.41. The van der Waals surface area contributed by atoms with E-state index in [2.05, 4.69) is 10.6 Å². The van der Waals surface area contributed by atoms with Crippen molar-refractivity contribution in [2.45, 2.75) is 0 Å². The first kappa shape index (κ1) is 15.4. The molecule has 0 spiro atoms. The lowest BCUT2D eigenvalue weighted by Gasteiger charge is -2.08. The molecule has 2 aromatic carbocycles. The zero-order valence-corrected chi connectivity index (χ0v) is 11.5. The number of anilines is 1. The van der Waals surface area contributed by atoms with Crippen LogP contribution < -0.4 is 10.6 Å². The Balaban J connectivity index is 2.22. The molecule has 0 saturated carbocycles. The van der Waals surface area contributed by atoms with Crippen molar-refractivity contribution in [2.75, 3.05) is 12.4 Å². The van der Waals surface area contributed by atoms with Gasteiger partial charge in [-0.2, -0.15) is 0 Å². The molecular weight excluding hydrogens is 294 g/mol. The van der Waals surface area contributed by atoms with Gasteiger partial charge in [-0.1, -0.05) is 0 Å². The average Bonchev–Trinajstić information content (AvgIpc) is 2.45. The highest BCUT2D eigenvalue weighted by Crippen LogP contribution is 2.22. The number of nitrogens with one attached hydrogen (secondary N) is 2. The summed E-state index contributed by atoms with van der Waals surface area (Å²) < 4.78 is 26.1. The van der Waals surface area contributed by atoms with Crippen LogP contribution in [-0.2, 0) is 0 Å². The van der Waals surface area contributed by atoms with Crippen molar-refractivity contribution < 1.29 is 23.5 Å². The van der Waals surface area contributed by atoms with Crippen molar-refractivity contribution in [3.63, 3.8) is 0 Å². The second-order valence-corrected chi connectivity index (χ2v) is 4.42. The van der Waals surface area contributed by atoms with Crippen LogP contribution in [-0.4, -0.2) is 24.0 Å². The van der Waals surface area contributed by atoms with Gasteiger partial charge in [-0.25, -0.2) is 8.78 Å². The second-order valence-electron chi connectivity index (χ2n) is 4.42. The Morgan fingerprint density at radius 2 is 1.64 bits per heavy atom. The summed E-state index contributed by atoms with van der Waals surface area (Å²) in [6, 6.07) is 6.29. The molecule has 22 heavy (non-hydrogen) atoms. The first-order chi connectivity index (χ1) is 10.4. The van der Waals surface area contributed by atoms with Gasteiger partial charge in [0.25, 0.3) is 11.8 Å². The SMILES string of the molecule is CNC(=O)c1ccc(NC(=O)c2cc(F)cc(F)c2)cc1O. The normalized spacial score (nSPS) is 10.1. The van der Waals surface area contributed by atoms with Crippen molar-refractivity contribution in [1.29, 1.82) is 0 Å². The van der Waals surface area contributed by atoms with Gasteiger partial charge in [0.05, 0.1) is 5.56 Å². The molecule has 0 atom stereocenters. The van der Waals surface area contributed by atoms with Crippen molar-refractivity contribution in [1.82, 2.24) is 5.32 Å². The molecule has 0 bridgehead atoms. The number of hydrogen-bond acceptors (Lipinski definition) is 3. The quantitative estimate of drug-likeness (QED) is 0.814. The predicted octanol–water partition coefficient (Wildman–Crippen LogP) is 2.28. The molecule has 2 aromatic rings. The van der Waals surface area contributed by atoms with E-state index in [9.17, 15) is 23.5 Å². The highest BCUT2D eigenvalue weighted by molar-refractivity contribution is 6.05. The lowest BCUT2D eigenvalue weighted by Crippen LogP contribution is -2.18. The Hall–Kier alpha value is -2.96. The van der Waals surface area contributed by atoms with Gasteiger partial charge in [-0.3, -0.25) is 9.59 Å². The number of carbonyl (C=O) groups is 2. The van der Waals surface area contributed by atoms with E-state index in [-0.39, 0.29) is 22.6 Å². The molecule has 0 aromatic heterocycles. The lowest BCUT2D eigenvalue weighted by molar-refractivity contribution is 0.0959. The van der Waals surface area contributed by atoms with Gasteiger partial charge in [0, 0.05) is 30.4 Å². The fourth-order valence-corrected chi connectivity index (χ4v) is 1.82. The minimum Gasteiger partial charge on any atom is -0.507 e. The molecule has 0 saturated heterocycles. The van der Waals surface area contributed by atoms with Crippen LogP contribution >= 0.6 is 0 Å². The van der Waals surface area contributed by atoms with Gasteiger partial charge in [-0.05, 0) is 24.3 Å². The molecule has 0 aliphatic carbocycles. The molecule has 7 heteroatoms. The number of rotatable bonds is 3. The second kappa shape index (κ2) is 6.21. The van der Waals surface area contributed by atoms with Crippen molar-refractivity contribution in [3.05, 3.63) is 59.2 Å². The highest BCUT2D eigenvalue weighted by atomic mass is 19.1. The van der Waals surface area contributed by atoms with Crippen LogP contribution in [0.2, 0.25) is 0 Å². The number of phenols is 1. The summed E-state index contributed by atoms with van der Waals surface area (Å²) in [6.07, 6.45) is 0. The van der Waals surface area contributed by atoms with Crippen LogP contribution in [0.4, 0.5) is 14.5 Å². The predicted molar refractivity (Wildman–Crippen MR) is 75.8 cm³/mol. The molecule has 0 fully saturated rings. The van der Waals surface area contributed by atoms with Gasteiger partial charge < -0.3 is 15.7 Å². The van der Waals surface area contributed by atoms with E-state index in [1.54, 1.807) is 0 Å². The summed E-state index contributed by atoms with van der Waals surface area (Å²) in [5.74, 6) is -3.30. The fraction of sp³-hybridized carbons (Fsp3) is 0.0667. The minimum absolute atomic E-state index is 0.0392. The standard InChI is InChI=1S/C15H12F2N2O3/c1-18-15(22)12-3-2-11(7-13(12)20)19-14(21)8-4-9(16)6-10(17)5-8/h2-7,20H,1H3,(H,18,22)(H,19,21). The summed E-state index contributed by atoms with van der Waals surface area (Å²) in [6.45, 7) is 0. The summed E-state index contributed by atoms with van der Waals surface area (Å²) in [4.78, 5) is 23.3. The molecule has 0 radical (unpaired) electrons. The van der Waals surface area contributed by atoms with Gasteiger partial charge >= 0.3 is 0 Å². The van der Waals surface area contributed by atoms with E-state index < -0.39 is 23.4 Å². The van der Waals surface area contributed by atoms with Gasteiger partial charge in [-0.15, -0.1) is 0 Å². The molecule has 114 valence electrons. The maximum Gasteiger partial charge on any atom is 0.255 e. The first-order valence-corrected chi connectivity index (χ1v) is 6.23. The summed E-state index contributed by atoms with van der Waals surface area (Å²) in [5.41, 5.74) is 0.0180.